The lowest BCUT2D eigenvalue weighted by atomic mass is 10.0. The van der Waals surface area contributed by atoms with Crippen LogP contribution in [0.1, 0.15) is 32.3 Å². The van der Waals surface area contributed by atoms with Crippen LogP contribution in [0.3, 0.4) is 0 Å². The minimum absolute atomic E-state index is 0.277. The Labute approximate surface area is 118 Å². The third-order valence-corrected chi connectivity index (χ3v) is 4.40. The molecule has 0 spiro atoms. The van der Waals surface area contributed by atoms with Gasteiger partial charge >= 0.3 is 0 Å². The highest BCUT2D eigenvalue weighted by molar-refractivity contribution is 9.10. The van der Waals surface area contributed by atoms with Crippen molar-refractivity contribution in [1.82, 2.24) is 0 Å². The van der Waals surface area contributed by atoms with Gasteiger partial charge in [0.15, 0.2) is 0 Å². The number of alkyl halides is 1. The predicted molar refractivity (Wildman–Crippen MR) is 78.1 cm³/mol. The fraction of sp³-hybridized carbons (Fsp3) is 0.571. The molecule has 0 aromatic heterocycles. The quantitative estimate of drug-likeness (QED) is 0.667. The van der Waals surface area contributed by atoms with Crippen molar-refractivity contribution in [3.8, 4) is 5.75 Å². The van der Waals surface area contributed by atoms with E-state index >= 15 is 0 Å². The fourth-order valence-corrected chi connectivity index (χ4v) is 2.29. The molecule has 0 saturated heterocycles. The number of benzene rings is 1. The maximum absolute atomic E-state index is 6.24. The van der Waals surface area contributed by atoms with Crippen molar-refractivity contribution in [2.75, 3.05) is 7.11 Å². The number of aryl methyl sites for hydroxylation is 1. The lowest BCUT2D eigenvalue weighted by molar-refractivity contribution is 0.414. The normalized spacial score (nSPS) is 12.8. The van der Waals surface area contributed by atoms with Gasteiger partial charge in [-0.1, -0.05) is 29.8 Å². The molecule has 0 bridgehead atoms. The monoisotopic (exact) mass is 318 g/mol. The first kappa shape index (κ1) is 14.8. The highest BCUT2D eigenvalue weighted by Crippen LogP contribution is 2.25. The van der Waals surface area contributed by atoms with Crippen molar-refractivity contribution in [3.63, 3.8) is 0 Å². The average molecular weight is 320 g/mol. The van der Waals surface area contributed by atoms with Crippen molar-refractivity contribution in [2.24, 2.45) is 5.92 Å². The van der Waals surface area contributed by atoms with Crippen LogP contribution in [0.5, 0.6) is 5.75 Å². The SMILES string of the molecule is COc1ccc(Br)c(CCCC(Cl)C(C)C)c1. The Balaban J connectivity index is 2.51. The lowest BCUT2D eigenvalue weighted by Crippen LogP contribution is -2.07. The molecule has 0 heterocycles. The Kier molecular flexibility index (Phi) is 6.35. The van der Waals surface area contributed by atoms with Crippen molar-refractivity contribution in [1.29, 1.82) is 0 Å². The van der Waals surface area contributed by atoms with Gasteiger partial charge in [0.2, 0.25) is 0 Å². The summed E-state index contributed by atoms with van der Waals surface area (Å²) in [5, 5.41) is 0.277. The second-order valence-electron chi connectivity index (χ2n) is 4.61. The Morgan fingerprint density at radius 3 is 2.65 bits per heavy atom. The molecule has 1 rings (SSSR count). The molecule has 96 valence electrons. The minimum atomic E-state index is 0.277. The molecule has 0 saturated carbocycles. The molecular formula is C14H20BrClO. The Morgan fingerprint density at radius 2 is 2.06 bits per heavy atom. The van der Waals surface area contributed by atoms with Gasteiger partial charge in [-0.3, -0.25) is 0 Å². The van der Waals surface area contributed by atoms with Crippen molar-refractivity contribution in [3.05, 3.63) is 28.2 Å². The van der Waals surface area contributed by atoms with Crippen LogP contribution in [-0.2, 0) is 6.42 Å². The van der Waals surface area contributed by atoms with Gasteiger partial charge in [-0.2, -0.15) is 0 Å². The molecule has 0 aliphatic carbocycles. The van der Waals surface area contributed by atoms with Crippen LogP contribution in [0.4, 0.5) is 0 Å². The van der Waals surface area contributed by atoms with Gasteiger partial charge in [0.1, 0.15) is 5.75 Å². The second-order valence-corrected chi connectivity index (χ2v) is 6.02. The van der Waals surface area contributed by atoms with Crippen LogP contribution in [0.25, 0.3) is 0 Å². The van der Waals surface area contributed by atoms with Crippen LogP contribution >= 0.6 is 27.5 Å². The molecule has 1 aromatic carbocycles. The molecule has 0 amide bonds. The molecule has 0 aliphatic heterocycles. The number of methoxy groups -OCH3 is 1. The molecule has 0 fully saturated rings. The first-order valence-electron chi connectivity index (χ1n) is 6.01. The summed E-state index contributed by atoms with van der Waals surface area (Å²) in [6.07, 6.45) is 3.20. The van der Waals surface area contributed by atoms with Gasteiger partial charge in [0.25, 0.3) is 0 Å². The zero-order valence-electron chi connectivity index (χ0n) is 10.7. The standard InChI is InChI=1S/C14H20BrClO/c1-10(2)14(16)6-4-5-11-9-12(17-3)7-8-13(11)15/h7-10,14H,4-6H2,1-3H3. The summed E-state index contributed by atoms with van der Waals surface area (Å²) >= 11 is 9.81. The van der Waals surface area contributed by atoms with Crippen molar-refractivity contribution in [2.45, 2.75) is 38.5 Å². The first-order valence-corrected chi connectivity index (χ1v) is 7.24. The molecule has 1 aromatic rings. The Morgan fingerprint density at radius 1 is 1.35 bits per heavy atom. The summed E-state index contributed by atoms with van der Waals surface area (Å²) in [6, 6.07) is 6.09. The molecule has 0 N–H and O–H groups in total. The summed E-state index contributed by atoms with van der Waals surface area (Å²) in [5.74, 6) is 1.46. The third kappa shape index (κ3) is 4.89. The number of hydrogen-bond acceptors (Lipinski definition) is 1. The summed E-state index contributed by atoms with van der Waals surface area (Å²) in [7, 11) is 1.70. The maximum atomic E-state index is 6.24. The van der Waals surface area contributed by atoms with Crippen LogP contribution in [-0.4, -0.2) is 12.5 Å². The molecular weight excluding hydrogens is 300 g/mol. The third-order valence-electron chi connectivity index (χ3n) is 2.90. The molecule has 3 heteroatoms. The van der Waals surface area contributed by atoms with Crippen molar-refractivity contribution < 1.29 is 4.74 Å². The van der Waals surface area contributed by atoms with Gasteiger partial charge in [-0.15, -0.1) is 11.6 Å². The molecule has 0 aliphatic rings. The van der Waals surface area contributed by atoms with Crippen LogP contribution in [0.15, 0.2) is 22.7 Å². The van der Waals surface area contributed by atoms with Gasteiger partial charge in [-0.25, -0.2) is 0 Å². The zero-order chi connectivity index (χ0) is 12.8. The van der Waals surface area contributed by atoms with Crippen molar-refractivity contribution >= 4 is 27.5 Å². The summed E-state index contributed by atoms with van der Waals surface area (Å²) in [6.45, 7) is 4.33. The zero-order valence-corrected chi connectivity index (χ0v) is 13.0. The number of ether oxygens (including phenoxy) is 1. The summed E-state index contributed by atoms with van der Waals surface area (Å²) < 4.78 is 6.38. The van der Waals surface area contributed by atoms with E-state index in [0.29, 0.717) is 5.92 Å². The van der Waals surface area contributed by atoms with Crippen LogP contribution in [0.2, 0.25) is 0 Å². The maximum Gasteiger partial charge on any atom is 0.119 e. The molecule has 1 nitrogen and oxygen atoms in total. The Hall–Kier alpha value is -0.210. The van der Waals surface area contributed by atoms with E-state index in [1.807, 2.05) is 12.1 Å². The molecule has 0 radical (unpaired) electrons. The highest BCUT2D eigenvalue weighted by atomic mass is 79.9. The van der Waals surface area contributed by atoms with Crippen LogP contribution in [0, 0.1) is 5.92 Å². The Bertz CT molecular complexity index is 352. The molecule has 17 heavy (non-hydrogen) atoms. The van der Waals surface area contributed by atoms with Gasteiger partial charge in [0.05, 0.1) is 7.11 Å². The summed E-state index contributed by atoms with van der Waals surface area (Å²) in [5.41, 5.74) is 1.29. The van der Waals surface area contributed by atoms with E-state index < -0.39 is 0 Å². The molecule has 1 unspecified atom stereocenters. The second kappa shape index (κ2) is 7.27. The van der Waals surface area contributed by atoms with E-state index in [-0.39, 0.29) is 5.38 Å². The van der Waals surface area contributed by atoms with Gasteiger partial charge < -0.3 is 4.74 Å². The van der Waals surface area contributed by atoms with Crippen LogP contribution < -0.4 is 4.74 Å². The van der Waals surface area contributed by atoms with E-state index in [1.165, 1.54) is 5.56 Å². The highest BCUT2D eigenvalue weighted by Gasteiger charge is 2.09. The topological polar surface area (TPSA) is 9.23 Å². The smallest absolute Gasteiger partial charge is 0.119 e. The molecule has 1 atom stereocenters. The fourth-order valence-electron chi connectivity index (χ4n) is 1.69. The number of hydrogen-bond donors (Lipinski definition) is 0. The van der Waals surface area contributed by atoms with E-state index in [2.05, 4.69) is 35.8 Å². The van der Waals surface area contributed by atoms with E-state index in [9.17, 15) is 0 Å². The minimum Gasteiger partial charge on any atom is -0.497 e. The van der Waals surface area contributed by atoms with Gasteiger partial charge in [-0.05, 0) is 48.9 Å². The van der Waals surface area contributed by atoms with Gasteiger partial charge in [0, 0.05) is 9.85 Å². The lowest BCUT2D eigenvalue weighted by Gasteiger charge is -2.13. The average Bonchev–Trinajstić information content (AvgIpc) is 2.31. The van der Waals surface area contributed by atoms with E-state index in [4.69, 9.17) is 16.3 Å². The first-order chi connectivity index (χ1) is 8.04. The van der Waals surface area contributed by atoms with E-state index in [0.717, 1.165) is 29.5 Å². The van der Waals surface area contributed by atoms with E-state index in [1.54, 1.807) is 7.11 Å². The summed E-state index contributed by atoms with van der Waals surface area (Å²) in [4.78, 5) is 0. The number of halogens is 2. The largest absolute Gasteiger partial charge is 0.497 e. The number of rotatable bonds is 6. The predicted octanol–water partition coefficient (Wildman–Crippen LogP) is 5.04.